The van der Waals surface area contributed by atoms with Gasteiger partial charge in [-0.25, -0.2) is 9.78 Å². The molecule has 1 rings (SSSR count). The molecule has 0 saturated carbocycles. The highest BCUT2D eigenvalue weighted by Crippen LogP contribution is 2.27. The Labute approximate surface area is 81.3 Å². The van der Waals surface area contributed by atoms with E-state index in [0.29, 0.717) is 0 Å². The van der Waals surface area contributed by atoms with Crippen molar-refractivity contribution >= 4 is 5.97 Å². The lowest BCUT2D eigenvalue weighted by atomic mass is 10.3. The minimum atomic E-state index is -0.663. The molecule has 5 heteroatoms. The summed E-state index contributed by atoms with van der Waals surface area (Å²) in [6, 6.07) is 1.46. The number of rotatable bonds is 3. The molecule has 0 spiro atoms. The van der Waals surface area contributed by atoms with E-state index in [2.05, 4.69) is 4.98 Å². The topological polar surface area (TPSA) is 68.7 Å². The molecule has 1 heterocycles. The van der Waals surface area contributed by atoms with Gasteiger partial charge in [-0.05, 0) is 6.92 Å². The second kappa shape index (κ2) is 4.45. The third-order valence-electron chi connectivity index (χ3n) is 1.58. The van der Waals surface area contributed by atoms with E-state index >= 15 is 0 Å². The van der Waals surface area contributed by atoms with Gasteiger partial charge in [0.25, 0.3) is 0 Å². The van der Waals surface area contributed by atoms with Gasteiger partial charge in [0.15, 0.2) is 17.2 Å². The number of hydrogen-bond acceptors (Lipinski definition) is 5. The van der Waals surface area contributed by atoms with Crippen molar-refractivity contribution < 1.29 is 19.4 Å². The molecule has 1 N–H and O–H groups in total. The van der Waals surface area contributed by atoms with E-state index in [1.54, 1.807) is 6.92 Å². The van der Waals surface area contributed by atoms with Gasteiger partial charge in [-0.2, -0.15) is 0 Å². The fraction of sp³-hybridized carbons (Fsp3) is 0.333. The highest BCUT2D eigenvalue weighted by Gasteiger charge is 2.17. The Kier molecular flexibility index (Phi) is 3.28. The highest BCUT2D eigenvalue weighted by atomic mass is 16.5. The Balaban J connectivity index is 3.03. The van der Waals surface area contributed by atoms with Crippen LogP contribution in [0, 0.1) is 0 Å². The van der Waals surface area contributed by atoms with Gasteiger partial charge < -0.3 is 14.6 Å². The number of esters is 1. The van der Waals surface area contributed by atoms with Crippen molar-refractivity contribution in [3.8, 4) is 11.5 Å². The minimum absolute atomic E-state index is 0.133. The number of methoxy groups -OCH3 is 1. The lowest BCUT2D eigenvalue weighted by Crippen LogP contribution is -2.07. The molecule has 0 unspecified atom stereocenters. The van der Waals surface area contributed by atoms with Crippen molar-refractivity contribution in [1.29, 1.82) is 0 Å². The van der Waals surface area contributed by atoms with Crippen LogP contribution in [0.25, 0.3) is 0 Å². The van der Waals surface area contributed by atoms with Crippen LogP contribution in [0.3, 0.4) is 0 Å². The summed E-state index contributed by atoms with van der Waals surface area (Å²) < 4.78 is 9.51. The van der Waals surface area contributed by atoms with Crippen molar-refractivity contribution in [3.63, 3.8) is 0 Å². The Morgan fingerprint density at radius 2 is 2.36 bits per heavy atom. The van der Waals surface area contributed by atoms with Crippen molar-refractivity contribution in [2.45, 2.75) is 6.92 Å². The minimum Gasteiger partial charge on any atom is -0.503 e. The number of nitrogens with zero attached hydrogens (tertiary/aromatic N) is 1. The molecule has 0 saturated heterocycles. The van der Waals surface area contributed by atoms with Gasteiger partial charge in [-0.15, -0.1) is 0 Å². The van der Waals surface area contributed by atoms with Gasteiger partial charge >= 0.3 is 5.97 Å². The van der Waals surface area contributed by atoms with Crippen molar-refractivity contribution in [2.24, 2.45) is 0 Å². The van der Waals surface area contributed by atoms with Crippen LogP contribution in [0.15, 0.2) is 12.3 Å². The SMILES string of the molecule is CCOC(=O)c1nccc(OC)c1O. The zero-order valence-electron chi connectivity index (χ0n) is 7.98. The van der Waals surface area contributed by atoms with Gasteiger partial charge in [0.1, 0.15) is 0 Å². The fourth-order valence-corrected chi connectivity index (χ4v) is 0.950. The van der Waals surface area contributed by atoms with Crippen molar-refractivity contribution in [2.75, 3.05) is 13.7 Å². The third kappa shape index (κ3) is 1.93. The molecular weight excluding hydrogens is 186 g/mol. The quantitative estimate of drug-likeness (QED) is 0.731. The van der Waals surface area contributed by atoms with Crippen LogP contribution in [-0.4, -0.2) is 29.8 Å². The Morgan fingerprint density at radius 1 is 1.64 bits per heavy atom. The molecule has 14 heavy (non-hydrogen) atoms. The largest absolute Gasteiger partial charge is 0.503 e. The summed E-state index contributed by atoms with van der Waals surface area (Å²) in [7, 11) is 1.39. The maximum Gasteiger partial charge on any atom is 0.360 e. The van der Waals surface area contributed by atoms with Crippen LogP contribution in [0.2, 0.25) is 0 Å². The summed E-state index contributed by atoms with van der Waals surface area (Å²) in [5.41, 5.74) is -0.133. The van der Waals surface area contributed by atoms with E-state index in [-0.39, 0.29) is 23.8 Å². The van der Waals surface area contributed by atoms with Crippen molar-refractivity contribution in [3.05, 3.63) is 18.0 Å². The van der Waals surface area contributed by atoms with Crippen LogP contribution in [0.5, 0.6) is 11.5 Å². The molecule has 1 aromatic rings. The lowest BCUT2D eigenvalue weighted by molar-refractivity contribution is 0.0515. The third-order valence-corrected chi connectivity index (χ3v) is 1.58. The number of aromatic hydroxyl groups is 1. The number of ether oxygens (including phenoxy) is 2. The van der Waals surface area contributed by atoms with Crippen LogP contribution in [-0.2, 0) is 4.74 Å². The Morgan fingerprint density at radius 3 is 2.93 bits per heavy atom. The average molecular weight is 197 g/mol. The molecule has 0 radical (unpaired) electrons. The van der Waals surface area contributed by atoms with E-state index in [1.165, 1.54) is 19.4 Å². The maximum absolute atomic E-state index is 11.2. The first kappa shape index (κ1) is 10.3. The first-order valence-corrected chi connectivity index (χ1v) is 4.09. The summed E-state index contributed by atoms with van der Waals surface area (Å²) in [5, 5.41) is 9.50. The number of hydrogen-bond donors (Lipinski definition) is 1. The molecule has 0 aromatic carbocycles. The smallest absolute Gasteiger partial charge is 0.360 e. The average Bonchev–Trinajstić information content (AvgIpc) is 2.18. The number of pyridine rings is 1. The molecule has 1 aromatic heterocycles. The molecule has 76 valence electrons. The maximum atomic E-state index is 11.2. The number of carbonyl (C=O) groups is 1. The van der Waals surface area contributed by atoms with E-state index in [1.807, 2.05) is 0 Å². The molecule has 0 bridgehead atoms. The van der Waals surface area contributed by atoms with E-state index in [9.17, 15) is 9.90 Å². The summed E-state index contributed by atoms with van der Waals surface area (Å²) in [6.45, 7) is 1.91. The molecule has 0 amide bonds. The van der Waals surface area contributed by atoms with Gasteiger partial charge in [0.05, 0.1) is 13.7 Å². The van der Waals surface area contributed by atoms with Crippen molar-refractivity contribution in [1.82, 2.24) is 4.98 Å². The van der Waals surface area contributed by atoms with Crippen LogP contribution in [0.4, 0.5) is 0 Å². The zero-order chi connectivity index (χ0) is 10.6. The standard InChI is InChI=1S/C9H11NO4/c1-3-14-9(12)7-8(11)6(13-2)4-5-10-7/h4-5,11H,3H2,1-2H3. The van der Waals surface area contributed by atoms with Gasteiger partial charge in [-0.1, -0.05) is 0 Å². The molecule has 0 aliphatic heterocycles. The molecule has 0 aliphatic rings. The van der Waals surface area contributed by atoms with E-state index in [0.717, 1.165) is 0 Å². The molecular formula is C9H11NO4. The van der Waals surface area contributed by atoms with Crippen LogP contribution >= 0.6 is 0 Å². The van der Waals surface area contributed by atoms with Gasteiger partial charge in [-0.3, -0.25) is 0 Å². The summed E-state index contributed by atoms with van der Waals surface area (Å²) in [4.78, 5) is 14.9. The van der Waals surface area contributed by atoms with Gasteiger partial charge in [0, 0.05) is 12.3 Å². The molecule has 0 aliphatic carbocycles. The van der Waals surface area contributed by atoms with Crippen LogP contribution < -0.4 is 4.74 Å². The first-order valence-electron chi connectivity index (χ1n) is 4.09. The second-order valence-corrected chi connectivity index (χ2v) is 2.43. The Hall–Kier alpha value is -1.78. The number of carbonyl (C=O) groups excluding carboxylic acids is 1. The second-order valence-electron chi connectivity index (χ2n) is 2.43. The normalized spacial score (nSPS) is 9.57. The predicted molar refractivity (Wildman–Crippen MR) is 48.4 cm³/mol. The highest BCUT2D eigenvalue weighted by molar-refractivity contribution is 5.91. The lowest BCUT2D eigenvalue weighted by Gasteiger charge is -2.06. The fourth-order valence-electron chi connectivity index (χ4n) is 0.950. The Bertz CT molecular complexity index is 338. The summed E-state index contributed by atoms with van der Waals surface area (Å²) >= 11 is 0. The van der Waals surface area contributed by atoms with Crippen LogP contribution in [0.1, 0.15) is 17.4 Å². The van der Waals surface area contributed by atoms with E-state index in [4.69, 9.17) is 9.47 Å². The van der Waals surface area contributed by atoms with Gasteiger partial charge in [0.2, 0.25) is 0 Å². The monoisotopic (exact) mass is 197 g/mol. The zero-order valence-corrected chi connectivity index (χ0v) is 7.98. The molecule has 5 nitrogen and oxygen atoms in total. The predicted octanol–water partition coefficient (Wildman–Crippen LogP) is 0.972. The number of aromatic nitrogens is 1. The van der Waals surface area contributed by atoms with E-state index < -0.39 is 5.97 Å². The molecule has 0 fully saturated rings. The summed E-state index contributed by atoms with van der Waals surface area (Å²) in [5.74, 6) is -0.764. The molecule has 0 atom stereocenters. The first-order chi connectivity index (χ1) is 6.70. The summed E-state index contributed by atoms with van der Waals surface area (Å²) in [6.07, 6.45) is 1.37.